The third-order valence-electron chi connectivity index (χ3n) is 4.30. The molecular weight excluding hydrogens is 236 g/mol. The van der Waals surface area contributed by atoms with E-state index in [-0.39, 0.29) is 12.2 Å². The van der Waals surface area contributed by atoms with E-state index in [0.29, 0.717) is 23.8 Å². The Labute approximate surface area is 119 Å². The molecule has 0 aromatic rings. The lowest BCUT2D eigenvalue weighted by molar-refractivity contribution is -0.132. The van der Waals surface area contributed by atoms with Crippen LogP contribution in [0.4, 0.5) is 0 Å². The van der Waals surface area contributed by atoms with Gasteiger partial charge in [0.15, 0.2) is 0 Å². The maximum atomic E-state index is 12.5. The van der Waals surface area contributed by atoms with Gasteiger partial charge in [0.05, 0.1) is 12.2 Å². The Morgan fingerprint density at radius 3 is 2.32 bits per heavy atom. The van der Waals surface area contributed by atoms with E-state index in [0.717, 1.165) is 19.3 Å². The average molecular weight is 268 g/mol. The molecule has 0 bridgehead atoms. The van der Waals surface area contributed by atoms with Gasteiger partial charge in [-0.2, -0.15) is 0 Å². The van der Waals surface area contributed by atoms with Crippen LogP contribution in [0.1, 0.15) is 67.2 Å². The van der Waals surface area contributed by atoms with Crippen molar-refractivity contribution in [1.29, 1.82) is 0 Å². The number of hydrogen-bond acceptors (Lipinski definition) is 2. The zero-order chi connectivity index (χ0) is 14.6. The number of carbonyl (C=O) groups excluding carboxylic acids is 1. The summed E-state index contributed by atoms with van der Waals surface area (Å²) in [6.45, 7) is 13.2. The summed E-state index contributed by atoms with van der Waals surface area (Å²) in [6.07, 6.45) is 4.46. The molecule has 1 fully saturated rings. The van der Waals surface area contributed by atoms with Gasteiger partial charge in [0.1, 0.15) is 0 Å². The summed E-state index contributed by atoms with van der Waals surface area (Å²) in [5.41, 5.74) is 0. The molecule has 1 N–H and O–H groups in total. The standard InChI is InChI=1S/C16H32N2O/c1-7-12(5)10-13(6)18-15(9-11(3)4)17-14(8-2)16(18)19/h11-15,17H,7-10H2,1-6H3. The van der Waals surface area contributed by atoms with Crippen LogP contribution in [0.3, 0.4) is 0 Å². The molecule has 19 heavy (non-hydrogen) atoms. The van der Waals surface area contributed by atoms with E-state index >= 15 is 0 Å². The Hall–Kier alpha value is -0.570. The maximum absolute atomic E-state index is 12.5. The monoisotopic (exact) mass is 268 g/mol. The first-order valence-electron chi connectivity index (χ1n) is 7.98. The second kappa shape index (κ2) is 7.28. The van der Waals surface area contributed by atoms with Crippen LogP contribution < -0.4 is 5.32 Å². The van der Waals surface area contributed by atoms with E-state index in [1.807, 2.05) is 0 Å². The molecule has 0 spiro atoms. The molecule has 1 saturated heterocycles. The van der Waals surface area contributed by atoms with Crippen LogP contribution in [-0.2, 0) is 4.79 Å². The number of nitrogens with one attached hydrogen (secondary N) is 1. The van der Waals surface area contributed by atoms with Gasteiger partial charge in [0.25, 0.3) is 0 Å². The summed E-state index contributed by atoms with van der Waals surface area (Å²) in [5, 5.41) is 3.52. The first-order chi connectivity index (χ1) is 8.90. The van der Waals surface area contributed by atoms with Gasteiger partial charge in [-0.3, -0.25) is 10.1 Å². The summed E-state index contributed by atoms with van der Waals surface area (Å²) in [6, 6.07) is 0.374. The molecule has 0 aromatic heterocycles. The molecule has 3 heteroatoms. The largest absolute Gasteiger partial charge is 0.323 e. The van der Waals surface area contributed by atoms with Crippen molar-refractivity contribution in [2.75, 3.05) is 0 Å². The zero-order valence-electron chi connectivity index (χ0n) is 13.6. The molecule has 0 aliphatic carbocycles. The minimum atomic E-state index is 0.0307. The summed E-state index contributed by atoms with van der Waals surface area (Å²) < 4.78 is 0. The Balaban J connectivity index is 2.76. The number of hydrogen-bond donors (Lipinski definition) is 1. The van der Waals surface area contributed by atoms with Crippen LogP contribution in [0.25, 0.3) is 0 Å². The van der Waals surface area contributed by atoms with Crippen molar-refractivity contribution in [1.82, 2.24) is 10.2 Å². The van der Waals surface area contributed by atoms with Gasteiger partial charge in [0.2, 0.25) is 5.91 Å². The predicted octanol–water partition coefficient (Wildman–Crippen LogP) is 3.39. The second-order valence-corrected chi connectivity index (χ2v) is 6.62. The summed E-state index contributed by atoms with van der Waals surface area (Å²) >= 11 is 0. The van der Waals surface area contributed by atoms with Gasteiger partial charge >= 0.3 is 0 Å². The third-order valence-corrected chi connectivity index (χ3v) is 4.30. The molecule has 1 aliphatic rings. The highest BCUT2D eigenvalue weighted by Gasteiger charge is 2.40. The minimum absolute atomic E-state index is 0.0307. The molecule has 0 aromatic carbocycles. The molecule has 112 valence electrons. The average Bonchev–Trinajstić information content (AvgIpc) is 2.64. The Bertz CT molecular complexity index is 290. The smallest absolute Gasteiger partial charge is 0.241 e. The van der Waals surface area contributed by atoms with Gasteiger partial charge in [-0.1, -0.05) is 41.0 Å². The van der Waals surface area contributed by atoms with Crippen molar-refractivity contribution >= 4 is 5.91 Å². The molecule has 0 radical (unpaired) electrons. The van der Waals surface area contributed by atoms with Crippen molar-refractivity contribution in [2.45, 2.75) is 85.5 Å². The molecule has 1 aliphatic heterocycles. The third kappa shape index (κ3) is 4.20. The highest BCUT2D eigenvalue weighted by atomic mass is 16.2. The van der Waals surface area contributed by atoms with E-state index in [4.69, 9.17) is 0 Å². The van der Waals surface area contributed by atoms with E-state index in [9.17, 15) is 4.79 Å². The van der Waals surface area contributed by atoms with Gasteiger partial charge in [-0.05, 0) is 38.0 Å². The van der Waals surface area contributed by atoms with Gasteiger partial charge in [-0.15, -0.1) is 0 Å². The first kappa shape index (κ1) is 16.5. The fourth-order valence-electron chi connectivity index (χ4n) is 3.02. The van der Waals surface area contributed by atoms with E-state index < -0.39 is 0 Å². The first-order valence-corrected chi connectivity index (χ1v) is 7.98. The zero-order valence-corrected chi connectivity index (χ0v) is 13.6. The van der Waals surface area contributed by atoms with Crippen LogP contribution in [-0.4, -0.2) is 29.1 Å². The summed E-state index contributed by atoms with van der Waals surface area (Å²) in [5.74, 6) is 1.60. The number of carbonyl (C=O) groups is 1. The molecule has 1 rings (SSSR count). The summed E-state index contributed by atoms with van der Waals surface area (Å²) in [4.78, 5) is 14.6. The molecule has 3 nitrogen and oxygen atoms in total. The number of rotatable bonds is 7. The quantitative estimate of drug-likeness (QED) is 0.767. The number of nitrogens with zero attached hydrogens (tertiary/aromatic N) is 1. The molecule has 1 heterocycles. The Morgan fingerprint density at radius 1 is 1.21 bits per heavy atom. The highest BCUT2D eigenvalue weighted by molar-refractivity contribution is 5.84. The van der Waals surface area contributed by atoms with Crippen molar-refractivity contribution in [3.63, 3.8) is 0 Å². The van der Waals surface area contributed by atoms with Crippen LogP contribution in [0.5, 0.6) is 0 Å². The van der Waals surface area contributed by atoms with Crippen LogP contribution >= 0.6 is 0 Å². The Morgan fingerprint density at radius 2 is 1.84 bits per heavy atom. The predicted molar refractivity (Wildman–Crippen MR) is 80.8 cm³/mol. The van der Waals surface area contributed by atoms with Crippen LogP contribution in [0, 0.1) is 11.8 Å². The second-order valence-electron chi connectivity index (χ2n) is 6.62. The fraction of sp³-hybridized carbons (Fsp3) is 0.938. The molecule has 4 unspecified atom stereocenters. The molecule has 4 atom stereocenters. The van der Waals surface area contributed by atoms with Crippen molar-refractivity contribution < 1.29 is 4.79 Å². The van der Waals surface area contributed by atoms with Crippen LogP contribution in [0.2, 0.25) is 0 Å². The molecular formula is C16H32N2O. The van der Waals surface area contributed by atoms with Gasteiger partial charge < -0.3 is 4.90 Å². The lowest BCUT2D eigenvalue weighted by atomic mass is 9.98. The summed E-state index contributed by atoms with van der Waals surface area (Å²) in [7, 11) is 0. The van der Waals surface area contributed by atoms with Crippen molar-refractivity contribution in [2.24, 2.45) is 11.8 Å². The normalized spacial score (nSPS) is 27.1. The van der Waals surface area contributed by atoms with E-state index in [1.165, 1.54) is 6.42 Å². The van der Waals surface area contributed by atoms with Crippen molar-refractivity contribution in [3.05, 3.63) is 0 Å². The van der Waals surface area contributed by atoms with Gasteiger partial charge in [0, 0.05) is 6.04 Å². The maximum Gasteiger partial charge on any atom is 0.241 e. The topological polar surface area (TPSA) is 32.3 Å². The minimum Gasteiger partial charge on any atom is -0.323 e. The Kier molecular flexibility index (Phi) is 6.31. The van der Waals surface area contributed by atoms with Gasteiger partial charge in [-0.25, -0.2) is 0 Å². The lowest BCUT2D eigenvalue weighted by Crippen LogP contribution is -2.44. The van der Waals surface area contributed by atoms with Crippen molar-refractivity contribution in [3.8, 4) is 0 Å². The highest BCUT2D eigenvalue weighted by Crippen LogP contribution is 2.25. The molecule has 1 amide bonds. The lowest BCUT2D eigenvalue weighted by Gasteiger charge is -2.32. The van der Waals surface area contributed by atoms with E-state index in [1.54, 1.807) is 0 Å². The molecule has 0 saturated carbocycles. The van der Waals surface area contributed by atoms with E-state index in [2.05, 4.69) is 51.8 Å². The van der Waals surface area contributed by atoms with Crippen LogP contribution in [0.15, 0.2) is 0 Å². The SMILES string of the molecule is CCC(C)CC(C)N1C(=O)C(CC)NC1CC(C)C. The number of amides is 1. The fourth-order valence-corrected chi connectivity index (χ4v) is 3.02.